The highest BCUT2D eigenvalue weighted by molar-refractivity contribution is 6.09. The van der Waals surface area contributed by atoms with Crippen LogP contribution in [0.25, 0.3) is 0 Å². The molecule has 0 fully saturated rings. The molecule has 2 aliphatic heterocycles. The minimum Gasteiger partial charge on any atom is -0.465 e. The van der Waals surface area contributed by atoms with Crippen molar-refractivity contribution in [3.63, 3.8) is 0 Å². The van der Waals surface area contributed by atoms with E-state index in [1.165, 1.54) is 0 Å². The number of fused-ring (bicyclic) bond motifs is 1. The fourth-order valence-corrected chi connectivity index (χ4v) is 5.80. The summed E-state index contributed by atoms with van der Waals surface area (Å²) in [6, 6.07) is 25.7. The van der Waals surface area contributed by atoms with E-state index in [0.717, 1.165) is 22.4 Å². The molecule has 0 amide bonds. The van der Waals surface area contributed by atoms with Crippen molar-refractivity contribution in [3.8, 4) is 11.5 Å². The Balaban J connectivity index is 1.34. The molecule has 38 heavy (non-hydrogen) atoms. The lowest BCUT2D eigenvalue weighted by Gasteiger charge is -2.36. The predicted octanol–water partition coefficient (Wildman–Crippen LogP) is 5.78. The van der Waals surface area contributed by atoms with Crippen LogP contribution < -0.4 is 9.47 Å². The maximum absolute atomic E-state index is 13.8. The van der Waals surface area contributed by atoms with Crippen LogP contribution in [-0.2, 0) is 20.7 Å². The van der Waals surface area contributed by atoms with Crippen LogP contribution >= 0.6 is 0 Å². The van der Waals surface area contributed by atoms with E-state index in [1.54, 1.807) is 0 Å². The normalized spacial score (nSPS) is 22.1. The van der Waals surface area contributed by atoms with Crippen molar-refractivity contribution in [2.75, 3.05) is 13.4 Å². The van der Waals surface area contributed by atoms with Gasteiger partial charge in [-0.15, -0.1) is 0 Å². The van der Waals surface area contributed by atoms with Crippen LogP contribution in [0.2, 0.25) is 0 Å². The predicted molar refractivity (Wildman–Crippen MR) is 143 cm³/mol. The second kappa shape index (κ2) is 10.3. The Bertz CT molecular complexity index is 1430. The highest BCUT2D eigenvalue weighted by atomic mass is 16.7. The molecule has 0 spiro atoms. The van der Waals surface area contributed by atoms with Gasteiger partial charge in [-0.25, -0.2) is 0 Å². The van der Waals surface area contributed by atoms with Gasteiger partial charge in [0.1, 0.15) is 5.92 Å². The molecule has 6 heteroatoms. The molecule has 3 atom stereocenters. The van der Waals surface area contributed by atoms with Crippen LogP contribution in [0, 0.1) is 5.92 Å². The summed E-state index contributed by atoms with van der Waals surface area (Å²) in [5.41, 5.74) is 5.10. The Hall–Kier alpha value is -4.19. The first-order chi connectivity index (χ1) is 18.6. The highest BCUT2D eigenvalue weighted by Crippen LogP contribution is 2.48. The fourth-order valence-electron chi connectivity index (χ4n) is 5.80. The first kappa shape index (κ1) is 24.2. The fraction of sp³-hybridized carbons (Fsp3) is 0.281. The van der Waals surface area contributed by atoms with Crippen molar-refractivity contribution >= 4 is 17.5 Å². The van der Waals surface area contributed by atoms with Gasteiger partial charge in [0.15, 0.2) is 17.3 Å². The summed E-state index contributed by atoms with van der Waals surface area (Å²) in [7, 11) is 0. The minimum atomic E-state index is -0.692. The second-order valence-electron chi connectivity index (χ2n) is 10.0. The lowest BCUT2D eigenvalue weighted by molar-refractivity contribution is -0.146. The molecule has 0 N–H and O–H groups in total. The zero-order valence-electron chi connectivity index (χ0n) is 21.3. The number of benzene rings is 3. The van der Waals surface area contributed by atoms with Crippen molar-refractivity contribution < 1.29 is 23.8 Å². The van der Waals surface area contributed by atoms with Crippen LogP contribution in [-0.4, -0.2) is 30.9 Å². The largest absolute Gasteiger partial charge is 0.465 e. The third-order valence-corrected chi connectivity index (χ3v) is 7.65. The number of ketones is 1. The quantitative estimate of drug-likeness (QED) is 0.396. The molecule has 0 saturated carbocycles. The van der Waals surface area contributed by atoms with Crippen LogP contribution in [0.5, 0.6) is 11.5 Å². The molecule has 3 aromatic carbocycles. The van der Waals surface area contributed by atoms with Crippen LogP contribution in [0.4, 0.5) is 0 Å². The standard InChI is InChI=1S/C32H29NO5/c1-20-29(32(35)36-15-14-21-8-4-2-5-9-21)30(23-12-13-27-28(18-23)38-19-37-27)31-25(33-20)16-24(17-26(31)34)22-10-6-3-7-11-22/h2-13,18,24,29-30H,14-17,19H2,1H3/t24-,29?,30+/m0/s1. The molecular weight excluding hydrogens is 478 g/mol. The monoisotopic (exact) mass is 507 g/mol. The summed E-state index contributed by atoms with van der Waals surface area (Å²) < 4.78 is 16.9. The topological polar surface area (TPSA) is 74.2 Å². The number of hydrogen-bond donors (Lipinski definition) is 0. The first-order valence-corrected chi connectivity index (χ1v) is 13.0. The lowest BCUT2D eigenvalue weighted by atomic mass is 9.69. The Morgan fingerprint density at radius 3 is 2.45 bits per heavy atom. The molecule has 1 aliphatic carbocycles. The second-order valence-corrected chi connectivity index (χ2v) is 10.0. The van der Waals surface area contributed by atoms with E-state index in [1.807, 2.05) is 73.7 Å². The maximum atomic E-state index is 13.8. The molecule has 1 unspecified atom stereocenters. The van der Waals surface area contributed by atoms with E-state index >= 15 is 0 Å². The van der Waals surface area contributed by atoms with Crippen molar-refractivity contribution in [1.82, 2.24) is 0 Å². The summed E-state index contributed by atoms with van der Waals surface area (Å²) in [5.74, 6) is -0.189. The highest BCUT2D eigenvalue weighted by Gasteiger charge is 2.45. The molecule has 0 aromatic heterocycles. The van der Waals surface area contributed by atoms with Crippen molar-refractivity contribution in [2.45, 2.75) is 38.0 Å². The van der Waals surface area contributed by atoms with Gasteiger partial charge in [-0.3, -0.25) is 14.6 Å². The molecule has 192 valence electrons. The summed E-state index contributed by atoms with van der Waals surface area (Å²) in [6.07, 6.45) is 1.66. The van der Waals surface area contributed by atoms with E-state index in [9.17, 15) is 9.59 Å². The maximum Gasteiger partial charge on any atom is 0.315 e. The van der Waals surface area contributed by atoms with E-state index < -0.39 is 11.8 Å². The van der Waals surface area contributed by atoms with Crippen molar-refractivity contribution in [1.29, 1.82) is 0 Å². The molecule has 0 saturated heterocycles. The number of allylic oxidation sites excluding steroid dienone is 2. The Morgan fingerprint density at radius 2 is 1.66 bits per heavy atom. The minimum absolute atomic E-state index is 0.0288. The van der Waals surface area contributed by atoms with E-state index in [4.69, 9.17) is 19.2 Å². The Morgan fingerprint density at radius 1 is 0.921 bits per heavy atom. The summed E-state index contributed by atoms with van der Waals surface area (Å²) in [6.45, 7) is 2.28. The first-order valence-electron chi connectivity index (χ1n) is 13.0. The number of nitrogens with zero attached hydrogens (tertiary/aromatic N) is 1. The number of hydrogen-bond acceptors (Lipinski definition) is 6. The van der Waals surface area contributed by atoms with Gasteiger partial charge >= 0.3 is 5.97 Å². The molecule has 3 aliphatic rings. The number of carbonyl (C=O) groups excluding carboxylic acids is 2. The van der Waals surface area contributed by atoms with Crippen LogP contribution in [0.15, 0.2) is 95.1 Å². The number of aliphatic imine (C=N–C) groups is 1. The summed E-state index contributed by atoms with van der Waals surface area (Å²) in [4.78, 5) is 32.2. The van der Waals surface area contributed by atoms with E-state index in [0.29, 0.717) is 42.0 Å². The molecule has 3 aromatic rings. The molecule has 6 nitrogen and oxygen atoms in total. The summed E-state index contributed by atoms with van der Waals surface area (Å²) >= 11 is 0. The smallest absolute Gasteiger partial charge is 0.315 e. The van der Waals surface area contributed by atoms with E-state index in [-0.39, 0.29) is 31.1 Å². The van der Waals surface area contributed by atoms with Gasteiger partial charge in [-0.05, 0) is 48.1 Å². The zero-order valence-corrected chi connectivity index (χ0v) is 21.3. The average Bonchev–Trinajstić information content (AvgIpc) is 3.41. The van der Waals surface area contributed by atoms with Gasteiger partial charge in [0, 0.05) is 35.7 Å². The zero-order chi connectivity index (χ0) is 26.1. The Labute approximate surface area is 222 Å². The number of carbonyl (C=O) groups is 2. The molecule has 0 radical (unpaired) electrons. The number of Topliss-reactive ketones (excluding diaryl/α,β-unsaturated/α-hetero) is 1. The number of ether oxygens (including phenoxy) is 3. The van der Waals surface area contributed by atoms with Crippen molar-refractivity contribution in [2.24, 2.45) is 10.9 Å². The van der Waals surface area contributed by atoms with Crippen LogP contribution in [0.1, 0.15) is 48.3 Å². The van der Waals surface area contributed by atoms with Gasteiger partial charge in [0.05, 0.1) is 6.61 Å². The number of rotatable bonds is 6. The van der Waals surface area contributed by atoms with Gasteiger partial charge in [0.2, 0.25) is 6.79 Å². The van der Waals surface area contributed by atoms with Crippen molar-refractivity contribution in [3.05, 3.63) is 107 Å². The van der Waals surface area contributed by atoms with Gasteiger partial charge < -0.3 is 14.2 Å². The van der Waals surface area contributed by atoms with Gasteiger partial charge in [-0.1, -0.05) is 66.7 Å². The number of esters is 1. The van der Waals surface area contributed by atoms with E-state index in [2.05, 4.69) is 12.1 Å². The summed E-state index contributed by atoms with van der Waals surface area (Å²) in [5, 5.41) is 0. The van der Waals surface area contributed by atoms with Gasteiger partial charge in [-0.2, -0.15) is 0 Å². The van der Waals surface area contributed by atoms with Crippen LogP contribution in [0.3, 0.4) is 0 Å². The molecule has 6 rings (SSSR count). The average molecular weight is 508 g/mol. The molecule has 2 heterocycles. The molecule has 0 bridgehead atoms. The van der Waals surface area contributed by atoms with Gasteiger partial charge in [0.25, 0.3) is 0 Å². The third-order valence-electron chi connectivity index (χ3n) is 7.65. The third kappa shape index (κ3) is 4.62. The lowest BCUT2D eigenvalue weighted by Crippen LogP contribution is -2.38. The Kier molecular flexibility index (Phi) is 6.54. The molecular formula is C32H29NO5. The SMILES string of the molecule is CC1=NC2=C(C(=O)C[C@@H](c3ccccc3)C2)[C@H](c2ccc3c(c2)OCO3)C1C(=O)OCCc1ccccc1.